The number of anilines is 2. The van der Waals surface area contributed by atoms with Gasteiger partial charge in [-0.1, -0.05) is 6.07 Å². The number of nitrogens with two attached hydrogens (primary N) is 1. The Morgan fingerprint density at radius 1 is 1.05 bits per heavy atom. The zero-order valence-corrected chi connectivity index (χ0v) is 13.0. The number of sulfonamides is 1. The molecular formula is C15H18N2O3S. The molecule has 6 heteroatoms. The van der Waals surface area contributed by atoms with Gasteiger partial charge < -0.3 is 10.5 Å². The van der Waals surface area contributed by atoms with E-state index in [1.54, 1.807) is 50.4 Å². The van der Waals surface area contributed by atoms with Crippen LogP contribution in [-0.2, 0) is 10.0 Å². The predicted molar refractivity (Wildman–Crippen MR) is 84.1 cm³/mol. The van der Waals surface area contributed by atoms with Crippen LogP contribution in [0.3, 0.4) is 0 Å². The first-order valence-corrected chi connectivity index (χ1v) is 7.86. The van der Waals surface area contributed by atoms with Crippen molar-refractivity contribution < 1.29 is 13.2 Å². The average molecular weight is 306 g/mol. The SMILES string of the molecule is COc1ccc(NS(=O)(=O)c2c(N)ccc(C)c2C)cc1. The molecule has 0 heterocycles. The Hall–Kier alpha value is -2.21. The summed E-state index contributed by atoms with van der Waals surface area (Å²) >= 11 is 0. The number of hydrogen-bond donors (Lipinski definition) is 2. The van der Waals surface area contributed by atoms with Crippen molar-refractivity contribution in [2.24, 2.45) is 0 Å². The number of benzene rings is 2. The maximum Gasteiger partial charge on any atom is 0.264 e. The monoisotopic (exact) mass is 306 g/mol. The molecule has 2 aromatic rings. The Balaban J connectivity index is 2.41. The zero-order valence-electron chi connectivity index (χ0n) is 12.2. The van der Waals surface area contributed by atoms with Crippen molar-refractivity contribution in [2.75, 3.05) is 17.6 Å². The molecule has 0 saturated heterocycles. The van der Waals surface area contributed by atoms with Crippen molar-refractivity contribution in [1.29, 1.82) is 0 Å². The van der Waals surface area contributed by atoms with Crippen LogP contribution in [0.5, 0.6) is 5.75 Å². The Morgan fingerprint density at radius 2 is 1.67 bits per heavy atom. The summed E-state index contributed by atoms with van der Waals surface area (Å²) in [6.07, 6.45) is 0. The second-order valence-corrected chi connectivity index (χ2v) is 6.38. The fourth-order valence-electron chi connectivity index (χ4n) is 2.03. The first-order valence-electron chi connectivity index (χ1n) is 6.37. The zero-order chi connectivity index (χ0) is 15.6. The lowest BCUT2D eigenvalue weighted by molar-refractivity contribution is 0.415. The van der Waals surface area contributed by atoms with E-state index in [2.05, 4.69) is 4.72 Å². The van der Waals surface area contributed by atoms with Gasteiger partial charge in [-0.3, -0.25) is 4.72 Å². The van der Waals surface area contributed by atoms with E-state index >= 15 is 0 Å². The van der Waals surface area contributed by atoms with Crippen LogP contribution in [0, 0.1) is 13.8 Å². The van der Waals surface area contributed by atoms with Gasteiger partial charge in [0.05, 0.1) is 12.8 Å². The minimum atomic E-state index is -3.73. The van der Waals surface area contributed by atoms with Crippen LogP contribution in [0.4, 0.5) is 11.4 Å². The Bertz CT molecular complexity index is 753. The summed E-state index contributed by atoms with van der Waals surface area (Å²) in [5.74, 6) is 0.657. The van der Waals surface area contributed by atoms with E-state index in [1.165, 1.54) is 0 Å². The lowest BCUT2D eigenvalue weighted by Crippen LogP contribution is -2.16. The van der Waals surface area contributed by atoms with Gasteiger partial charge >= 0.3 is 0 Å². The van der Waals surface area contributed by atoms with Gasteiger partial charge in [-0.05, 0) is 55.3 Å². The summed E-state index contributed by atoms with van der Waals surface area (Å²) in [5, 5.41) is 0. The van der Waals surface area contributed by atoms with Gasteiger partial charge in [-0.15, -0.1) is 0 Å². The van der Waals surface area contributed by atoms with E-state index in [1.807, 2.05) is 6.92 Å². The van der Waals surface area contributed by atoms with E-state index in [-0.39, 0.29) is 10.6 Å². The first-order chi connectivity index (χ1) is 9.85. The third-order valence-corrected chi connectivity index (χ3v) is 4.90. The molecule has 2 aromatic carbocycles. The quantitative estimate of drug-likeness (QED) is 0.851. The van der Waals surface area contributed by atoms with Crippen LogP contribution in [0.15, 0.2) is 41.3 Å². The number of ether oxygens (including phenoxy) is 1. The second-order valence-electron chi connectivity index (χ2n) is 4.76. The van der Waals surface area contributed by atoms with Crippen molar-refractivity contribution >= 4 is 21.4 Å². The highest BCUT2D eigenvalue weighted by atomic mass is 32.2. The highest BCUT2D eigenvalue weighted by Crippen LogP contribution is 2.27. The van der Waals surface area contributed by atoms with Crippen LogP contribution < -0.4 is 15.2 Å². The molecule has 0 aromatic heterocycles. The summed E-state index contributed by atoms with van der Waals surface area (Å²) in [7, 11) is -2.18. The molecule has 21 heavy (non-hydrogen) atoms. The molecule has 3 N–H and O–H groups in total. The van der Waals surface area contributed by atoms with Crippen LogP contribution >= 0.6 is 0 Å². The fraction of sp³-hybridized carbons (Fsp3) is 0.200. The number of rotatable bonds is 4. The summed E-state index contributed by atoms with van der Waals surface area (Å²) in [6.45, 7) is 3.59. The van der Waals surface area contributed by atoms with E-state index in [9.17, 15) is 8.42 Å². The van der Waals surface area contributed by atoms with Gasteiger partial charge in [0, 0.05) is 5.69 Å². The Labute approximate surface area is 124 Å². The number of methoxy groups -OCH3 is 1. The standard InChI is InChI=1S/C15H18N2O3S/c1-10-4-9-14(16)15(11(10)2)21(18,19)17-12-5-7-13(20-3)8-6-12/h4-9,17H,16H2,1-3H3. The van der Waals surface area contributed by atoms with Crippen LogP contribution in [0.2, 0.25) is 0 Å². The van der Waals surface area contributed by atoms with Crippen LogP contribution in [0.25, 0.3) is 0 Å². The Morgan fingerprint density at radius 3 is 2.24 bits per heavy atom. The lowest BCUT2D eigenvalue weighted by atomic mass is 10.1. The molecule has 0 aliphatic carbocycles. The molecule has 0 fully saturated rings. The largest absolute Gasteiger partial charge is 0.497 e. The maximum atomic E-state index is 12.5. The van der Waals surface area contributed by atoms with Crippen molar-refractivity contribution in [3.63, 3.8) is 0 Å². The maximum absolute atomic E-state index is 12.5. The molecular weight excluding hydrogens is 288 g/mol. The van der Waals surface area contributed by atoms with E-state index in [0.717, 1.165) is 5.56 Å². The summed E-state index contributed by atoms with van der Waals surface area (Å²) in [6, 6.07) is 10.0. The van der Waals surface area contributed by atoms with Gasteiger partial charge in [0.25, 0.3) is 10.0 Å². The molecule has 0 atom stereocenters. The van der Waals surface area contributed by atoms with Gasteiger partial charge in [0.2, 0.25) is 0 Å². The van der Waals surface area contributed by atoms with E-state index in [0.29, 0.717) is 17.0 Å². The van der Waals surface area contributed by atoms with Crippen molar-refractivity contribution in [2.45, 2.75) is 18.7 Å². The normalized spacial score (nSPS) is 11.2. The van der Waals surface area contributed by atoms with Gasteiger partial charge in [0.1, 0.15) is 10.6 Å². The smallest absolute Gasteiger partial charge is 0.264 e. The molecule has 0 amide bonds. The molecule has 0 saturated carbocycles. The molecule has 0 aliphatic heterocycles. The number of hydrogen-bond acceptors (Lipinski definition) is 4. The number of aryl methyl sites for hydroxylation is 1. The minimum absolute atomic E-state index is 0.123. The number of nitrogen functional groups attached to an aromatic ring is 1. The van der Waals surface area contributed by atoms with Crippen molar-refractivity contribution in [3.05, 3.63) is 47.5 Å². The highest BCUT2D eigenvalue weighted by Gasteiger charge is 2.21. The first kappa shape index (κ1) is 15.2. The molecule has 0 spiro atoms. The second kappa shape index (κ2) is 5.65. The molecule has 0 bridgehead atoms. The molecule has 2 rings (SSSR count). The fourth-order valence-corrected chi connectivity index (χ4v) is 3.52. The van der Waals surface area contributed by atoms with Gasteiger partial charge in [0.15, 0.2) is 0 Å². The van der Waals surface area contributed by atoms with Crippen LogP contribution in [0.1, 0.15) is 11.1 Å². The minimum Gasteiger partial charge on any atom is -0.497 e. The van der Waals surface area contributed by atoms with Crippen LogP contribution in [-0.4, -0.2) is 15.5 Å². The van der Waals surface area contributed by atoms with Crippen molar-refractivity contribution in [3.8, 4) is 5.75 Å². The molecule has 0 aliphatic rings. The topological polar surface area (TPSA) is 81.4 Å². The number of nitrogens with one attached hydrogen (secondary N) is 1. The third-order valence-electron chi connectivity index (χ3n) is 3.32. The van der Waals surface area contributed by atoms with E-state index in [4.69, 9.17) is 10.5 Å². The highest BCUT2D eigenvalue weighted by molar-refractivity contribution is 7.93. The predicted octanol–water partition coefficient (Wildman–Crippen LogP) is 2.70. The average Bonchev–Trinajstić information content (AvgIpc) is 2.43. The molecule has 0 unspecified atom stereocenters. The molecule has 5 nitrogen and oxygen atoms in total. The van der Waals surface area contributed by atoms with E-state index < -0.39 is 10.0 Å². The van der Waals surface area contributed by atoms with Gasteiger partial charge in [-0.2, -0.15) is 0 Å². The summed E-state index contributed by atoms with van der Waals surface area (Å²) in [4.78, 5) is 0.123. The summed E-state index contributed by atoms with van der Waals surface area (Å²) < 4.78 is 32.6. The van der Waals surface area contributed by atoms with Gasteiger partial charge in [-0.25, -0.2) is 8.42 Å². The lowest BCUT2D eigenvalue weighted by Gasteiger charge is -2.14. The summed E-state index contributed by atoms with van der Waals surface area (Å²) in [5.41, 5.74) is 8.05. The molecule has 112 valence electrons. The Kier molecular flexibility index (Phi) is 4.09. The third kappa shape index (κ3) is 3.11. The van der Waals surface area contributed by atoms with Crippen molar-refractivity contribution in [1.82, 2.24) is 0 Å². The molecule has 0 radical (unpaired) electrons.